The second kappa shape index (κ2) is 8.54. The van der Waals surface area contributed by atoms with Crippen LogP contribution in [0.25, 0.3) is 16.5 Å². The predicted molar refractivity (Wildman–Crippen MR) is 125 cm³/mol. The van der Waals surface area contributed by atoms with E-state index in [2.05, 4.69) is 0 Å². The molecule has 32 heavy (non-hydrogen) atoms. The van der Waals surface area contributed by atoms with Gasteiger partial charge in [0.15, 0.2) is 11.5 Å². The Morgan fingerprint density at radius 1 is 1.12 bits per heavy atom. The fraction of sp³-hybridized carbons (Fsp3) is 0.130. The molecule has 9 heteroatoms. The third-order valence-electron chi connectivity index (χ3n) is 5.00. The smallest absolute Gasteiger partial charge is 0.293 e. The molecule has 162 valence electrons. The summed E-state index contributed by atoms with van der Waals surface area (Å²) in [6.07, 6.45) is 1.75. The van der Waals surface area contributed by atoms with Gasteiger partial charge in [-0.05, 0) is 59.3 Å². The van der Waals surface area contributed by atoms with Crippen molar-refractivity contribution in [2.45, 2.75) is 6.54 Å². The Morgan fingerprint density at radius 2 is 1.94 bits per heavy atom. The zero-order valence-corrected chi connectivity index (χ0v) is 19.2. The number of fused-ring (bicyclic) bond motifs is 1. The van der Waals surface area contributed by atoms with E-state index in [0.29, 0.717) is 27.0 Å². The van der Waals surface area contributed by atoms with Crippen molar-refractivity contribution in [3.05, 3.63) is 68.9 Å². The highest BCUT2D eigenvalue weighted by atomic mass is 35.5. The number of carbonyl (C=O) groups is 2. The van der Waals surface area contributed by atoms with Gasteiger partial charge in [-0.15, -0.1) is 11.3 Å². The first-order valence-electron chi connectivity index (χ1n) is 9.59. The molecule has 0 bridgehead atoms. The molecular weight excluding hydrogens is 470 g/mol. The van der Waals surface area contributed by atoms with Gasteiger partial charge in [-0.2, -0.15) is 0 Å². The lowest BCUT2D eigenvalue weighted by atomic mass is 10.2. The number of thiophene rings is 1. The molecule has 2 amide bonds. The summed E-state index contributed by atoms with van der Waals surface area (Å²) in [6.45, 7) is 0.189. The van der Waals surface area contributed by atoms with E-state index in [-0.39, 0.29) is 24.5 Å². The third kappa shape index (κ3) is 3.97. The van der Waals surface area contributed by atoms with Gasteiger partial charge in [0.2, 0.25) is 6.79 Å². The summed E-state index contributed by atoms with van der Waals surface area (Å²) in [6, 6.07) is 15.0. The maximum atomic E-state index is 12.9. The van der Waals surface area contributed by atoms with Gasteiger partial charge in [-0.1, -0.05) is 23.7 Å². The van der Waals surface area contributed by atoms with Gasteiger partial charge in [0.05, 0.1) is 18.6 Å². The maximum Gasteiger partial charge on any atom is 0.293 e. The van der Waals surface area contributed by atoms with Crippen molar-refractivity contribution in [3.8, 4) is 27.7 Å². The first-order chi connectivity index (χ1) is 15.5. The fourth-order valence-electron chi connectivity index (χ4n) is 3.38. The predicted octanol–water partition coefficient (Wildman–Crippen LogP) is 6.04. The normalized spacial score (nSPS) is 16.3. The highest BCUT2D eigenvalue weighted by Crippen LogP contribution is 2.40. The van der Waals surface area contributed by atoms with Crippen LogP contribution in [0, 0.1) is 0 Å². The second-order valence-electron chi connectivity index (χ2n) is 7.00. The number of carbonyl (C=O) groups excluding carboxylic acids is 2. The molecule has 3 aromatic rings. The van der Waals surface area contributed by atoms with Crippen LogP contribution in [0.1, 0.15) is 10.4 Å². The van der Waals surface area contributed by atoms with Crippen LogP contribution in [0.5, 0.6) is 17.2 Å². The quantitative estimate of drug-likeness (QED) is 0.410. The molecule has 1 saturated heterocycles. The lowest BCUT2D eigenvalue weighted by molar-refractivity contribution is -0.123. The third-order valence-corrected chi connectivity index (χ3v) is 7.34. The molecule has 0 spiro atoms. The van der Waals surface area contributed by atoms with E-state index in [4.69, 9.17) is 25.8 Å². The van der Waals surface area contributed by atoms with Crippen LogP contribution in [0.4, 0.5) is 4.79 Å². The van der Waals surface area contributed by atoms with Crippen LogP contribution >= 0.6 is 34.7 Å². The number of amides is 2. The van der Waals surface area contributed by atoms with E-state index in [1.165, 1.54) is 16.2 Å². The first-order valence-corrected chi connectivity index (χ1v) is 11.6. The Bertz CT molecular complexity index is 1270. The molecule has 1 fully saturated rings. The van der Waals surface area contributed by atoms with E-state index in [1.807, 2.05) is 36.4 Å². The number of rotatable bonds is 5. The van der Waals surface area contributed by atoms with Crippen LogP contribution in [0.15, 0.2) is 53.4 Å². The summed E-state index contributed by atoms with van der Waals surface area (Å²) in [5.41, 5.74) is 1.65. The van der Waals surface area contributed by atoms with Crippen molar-refractivity contribution in [2.24, 2.45) is 0 Å². The summed E-state index contributed by atoms with van der Waals surface area (Å²) in [7, 11) is 1.63. The number of thioether (sulfide) groups is 1. The van der Waals surface area contributed by atoms with E-state index in [1.54, 1.807) is 25.3 Å². The minimum atomic E-state index is -0.343. The lowest BCUT2D eigenvalue weighted by Gasteiger charge is -2.14. The largest absolute Gasteiger partial charge is 0.497 e. The van der Waals surface area contributed by atoms with Crippen LogP contribution < -0.4 is 14.2 Å². The first kappa shape index (κ1) is 20.9. The Hall–Kier alpha value is -2.94. The van der Waals surface area contributed by atoms with Crippen molar-refractivity contribution in [1.82, 2.24) is 4.90 Å². The number of methoxy groups -OCH3 is 1. The van der Waals surface area contributed by atoms with E-state index >= 15 is 0 Å². The molecule has 0 atom stereocenters. The molecule has 2 aromatic carbocycles. The van der Waals surface area contributed by atoms with Crippen molar-refractivity contribution < 1.29 is 23.8 Å². The van der Waals surface area contributed by atoms with Gasteiger partial charge >= 0.3 is 0 Å². The molecule has 0 unspecified atom stereocenters. The highest BCUT2D eigenvalue weighted by molar-refractivity contribution is 8.18. The van der Waals surface area contributed by atoms with E-state index in [0.717, 1.165) is 32.8 Å². The summed E-state index contributed by atoms with van der Waals surface area (Å²) >= 11 is 8.78. The molecule has 2 aliphatic heterocycles. The van der Waals surface area contributed by atoms with Crippen molar-refractivity contribution in [2.75, 3.05) is 13.9 Å². The summed E-state index contributed by atoms with van der Waals surface area (Å²) in [5.74, 6) is 1.54. The van der Waals surface area contributed by atoms with Gasteiger partial charge in [0.1, 0.15) is 5.75 Å². The summed E-state index contributed by atoms with van der Waals surface area (Å²) in [4.78, 5) is 29.0. The number of halogens is 1. The Balaban J connectivity index is 1.36. The standard InChI is InChI=1S/C23H16ClNO5S2/c1-28-15-4-2-3-13(7-15)20-6-5-16(31-20)9-21-22(26)25(23(27)32-21)11-14-8-18-19(10-17(14)24)30-12-29-18/h2-10H,11-12H2,1H3. The van der Waals surface area contributed by atoms with Crippen molar-refractivity contribution in [3.63, 3.8) is 0 Å². The number of benzene rings is 2. The highest BCUT2D eigenvalue weighted by Gasteiger charge is 2.36. The molecule has 2 aliphatic rings. The van der Waals surface area contributed by atoms with Gasteiger partial charge in [0.25, 0.3) is 11.1 Å². The average molecular weight is 486 g/mol. The molecule has 0 radical (unpaired) electrons. The van der Waals surface area contributed by atoms with E-state index < -0.39 is 0 Å². The Kier molecular flexibility index (Phi) is 5.58. The van der Waals surface area contributed by atoms with Gasteiger partial charge in [-0.3, -0.25) is 14.5 Å². The topological polar surface area (TPSA) is 65.1 Å². The number of nitrogens with zero attached hydrogens (tertiary/aromatic N) is 1. The summed E-state index contributed by atoms with van der Waals surface area (Å²) < 4.78 is 16.0. The molecular formula is C23H16ClNO5S2. The SMILES string of the molecule is COc1cccc(-c2ccc(C=C3SC(=O)N(Cc4cc5c(cc4Cl)OCO5)C3=O)s2)c1. The zero-order valence-electron chi connectivity index (χ0n) is 16.8. The number of hydrogen-bond acceptors (Lipinski definition) is 7. The van der Waals surface area contributed by atoms with Gasteiger partial charge in [0, 0.05) is 20.8 Å². The van der Waals surface area contributed by atoms with Crippen LogP contribution in [0.2, 0.25) is 5.02 Å². The number of ether oxygens (including phenoxy) is 3. The Labute approximate surface area is 197 Å². The van der Waals surface area contributed by atoms with Crippen LogP contribution in [-0.2, 0) is 11.3 Å². The molecule has 0 saturated carbocycles. The zero-order chi connectivity index (χ0) is 22.2. The monoisotopic (exact) mass is 485 g/mol. The number of hydrogen-bond donors (Lipinski definition) is 0. The molecule has 0 aliphatic carbocycles. The van der Waals surface area contributed by atoms with Crippen molar-refractivity contribution in [1.29, 1.82) is 0 Å². The molecule has 6 nitrogen and oxygen atoms in total. The minimum absolute atomic E-state index is 0.0664. The Morgan fingerprint density at radius 3 is 2.75 bits per heavy atom. The average Bonchev–Trinajstić information content (AvgIpc) is 3.50. The number of imide groups is 1. The van der Waals surface area contributed by atoms with Crippen molar-refractivity contribution >= 4 is 51.9 Å². The molecule has 1 aromatic heterocycles. The lowest BCUT2D eigenvalue weighted by Crippen LogP contribution is -2.27. The van der Waals surface area contributed by atoms with Crippen LogP contribution in [0.3, 0.4) is 0 Å². The van der Waals surface area contributed by atoms with Gasteiger partial charge in [-0.25, -0.2) is 0 Å². The summed E-state index contributed by atoms with van der Waals surface area (Å²) in [5, 5.41) is 0.0815. The van der Waals surface area contributed by atoms with Crippen LogP contribution in [-0.4, -0.2) is 29.9 Å². The second-order valence-corrected chi connectivity index (χ2v) is 9.51. The molecule has 5 rings (SSSR count). The maximum absolute atomic E-state index is 12.9. The molecule has 3 heterocycles. The van der Waals surface area contributed by atoms with E-state index in [9.17, 15) is 9.59 Å². The molecule has 0 N–H and O–H groups in total. The minimum Gasteiger partial charge on any atom is -0.497 e. The fourth-order valence-corrected chi connectivity index (χ4v) is 5.44. The van der Waals surface area contributed by atoms with Gasteiger partial charge < -0.3 is 14.2 Å².